The van der Waals surface area contributed by atoms with Crippen molar-refractivity contribution < 1.29 is 4.74 Å². The zero-order valence-electron chi connectivity index (χ0n) is 13.0. The van der Waals surface area contributed by atoms with Crippen molar-refractivity contribution in [1.82, 2.24) is 9.97 Å². The van der Waals surface area contributed by atoms with E-state index in [0.717, 1.165) is 42.4 Å². The van der Waals surface area contributed by atoms with Gasteiger partial charge in [0.2, 0.25) is 0 Å². The fourth-order valence-electron chi connectivity index (χ4n) is 2.76. The summed E-state index contributed by atoms with van der Waals surface area (Å²) >= 11 is 0. The third-order valence-corrected chi connectivity index (χ3v) is 4.09. The summed E-state index contributed by atoms with van der Waals surface area (Å²) in [5.41, 5.74) is 0. The van der Waals surface area contributed by atoms with Crippen LogP contribution in [0.1, 0.15) is 32.5 Å². The summed E-state index contributed by atoms with van der Waals surface area (Å²) in [6.07, 6.45) is 2.49. The molecule has 0 saturated carbocycles. The van der Waals surface area contributed by atoms with E-state index in [-0.39, 0.29) is 0 Å². The number of hydrogen-bond donors (Lipinski definition) is 1. The summed E-state index contributed by atoms with van der Waals surface area (Å²) < 4.78 is 5.15. The fraction of sp³-hybridized carbons (Fsp3) is 0.733. The van der Waals surface area contributed by atoms with Crippen molar-refractivity contribution in [2.75, 3.05) is 37.5 Å². The molecule has 5 nitrogen and oxygen atoms in total. The smallest absolute Gasteiger partial charge is 0.158 e. The monoisotopic (exact) mass is 278 g/mol. The second-order valence-corrected chi connectivity index (χ2v) is 5.78. The average molecular weight is 278 g/mol. The van der Waals surface area contributed by atoms with Gasteiger partial charge in [-0.3, -0.25) is 0 Å². The van der Waals surface area contributed by atoms with Crippen LogP contribution in [0.5, 0.6) is 0 Å². The molecule has 0 unspecified atom stereocenters. The van der Waals surface area contributed by atoms with Gasteiger partial charge >= 0.3 is 0 Å². The van der Waals surface area contributed by atoms with Crippen LogP contribution in [-0.2, 0) is 11.3 Å². The quantitative estimate of drug-likeness (QED) is 0.897. The van der Waals surface area contributed by atoms with Gasteiger partial charge in [-0.1, -0.05) is 13.8 Å². The van der Waals surface area contributed by atoms with Gasteiger partial charge in [0.25, 0.3) is 0 Å². The molecule has 0 bridgehead atoms. The van der Waals surface area contributed by atoms with Gasteiger partial charge in [0.1, 0.15) is 18.2 Å². The Hall–Kier alpha value is -1.36. The highest BCUT2D eigenvalue weighted by Gasteiger charge is 2.22. The van der Waals surface area contributed by atoms with Crippen molar-refractivity contribution >= 4 is 11.6 Å². The van der Waals surface area contributed by atoms with Gasteiger partial charge in [-0.15, -0.1) is 0 Å². The zero-order chi connectivity index (χ0) is 14.5. The molecule has 0 aliphatic carbocycles. The lowest BCUT2D eigenvalue weighted by molar-refractivity contribution is 0.178. The molecule has 0 radical (unpaired) electrons. The van der Waals surface area contributed by atoms with Crippen LogP contribution in [0.2, 0.25) is 0 Å². The van der Waals surface area contributed by atoms with Crippen LogP contribution in [-0.4, -0.2) is 37.2 Å². The summed E-state index contributed by atoms with van der Waals surface area (Å²) in [5.74, 6) is 4.22. The Bertz CT molecular complexity index is 428. The average Bonchev–Trinajstić information content (AvgIpc) is 2.47. The van der Waals surface area contributed by atoms with E-state index in [1.54, 1.807) is 7.11 Å². The maximum Gasteiger partial charge on any atom is 0.158 e. The van der Waals surface area contributed by atoms with Gasteiger partial charge in [0, 0.05) is 33.3 Å². The normalized spacial score (nSPS) is 16.8. The van der Waals surface area contributed by atoms with E-state index in [1.165, 1.54) is 12.8 Å². The maximum atomic E-state index is 5.15. The van der Waals surface area contributed by atoms with E-state index in [2.05, 4.69) is 34.0 Å². The standard InChI is InChI=1S/C15H26N4O/c1-11(2)12-5-7-19(8-6-12)15-9-13(16-3)17-14(18-15)10-20-4/h9,11-12H,5-8,10H2,1-4H3,(H,16,17,18). The third-order valence-electron chi connectivity index (χ3n) is 4.09. The van der Waals surface area contributed by atoms with Crippen molar-refractivity contribution in [2.45, 2.75) is 33.3 Å². The molecule has 20 heavy (non-hydrogen) atoms. The number of methoxy groups -OCH3 is 1. The number of aromatic nitrogens is 2. The number of piperidine rings is 1. The number of nitrogens with zero attached hydrogens (tertiary/aromatic N) is 3. The molecule has 0 aromatic carbocycles. The van der Waals surface area contributed by atoms with Gasteiger partial charge in [0.15, 0.2) is 5.82 Å². The highest BCUT2D eigenvalue weighted by Crippen LogP contribution is 2.27. The van der Waals surface area contributed by atoms with E-state index in [0.29, 0.717) is 6.61 Å². The minimum absolute atomic E-state index is 0.449. The van der Waals surface area contributed by atoms with Crippen LogP contribution >= 0.6 is 0 Å². The van der Waals surface area contributed by atoms with Gasteiger partial charge < -0.3 is 15.0 Å². The first-order valence-electron chi connectivity index (χ1n) is 7.43. The van der Waals surface area contributed by atoms with E-state index < -0.39 is 0 Å². The summed E-state index contributed by atoms with van der Waals surface area (Å²) in [7, 11) is 3.55. The van der Waals surface area contributed by atoms with Gasteiger partial charge in [-0.05, 0) is 24.7 Å². The highest BCUT2D eigenvalue weighted by atomic mass is 16.5. The largest absolute Gasteiger partial charge is 0.377 e. The second kappa shape index (κ2) is 6.88. The Morgan fingerprint density at radius 3 is 2.60 bits per heavy atom. The van der Waals surface area contributed by atoms with Gasteiger partial charge in [0.05, 0.1) is 0 Å². The summed E-state index contributed by atoms with van der Waals surface area (Å²) in [5, 5.41) is 3.10. The number of anilines is 2. The lowest BCUT2D eigenvalue weighted by Crippen LogP contribution is -2.36. The number of rotatable bonds is 5. The molecule has 0 amide bonds. The Morgan fingerprint density at radius 2 is 2.05 bits per heavy atom. The topological polar surface area (TPSA) is 50.3 Å². The van der Waals surface area contributed by atoms with Crippen LogP contribution < -0.4 is 10.2 Å². The predicted molar refractivity (Wildman–Crippen MR) is 82.1 cm³/mol. The first-order valence-corrected chi connectivity index (χ1v) is 7.43. The highest BCUT2D eigenvalue weighted by molar-refractivity contribution is 5.49. The van der Waals surface area contributed by atoms with Crippen LogP contribution in [0, 0.1) is 11.8 Å². The van der Waals surface area contributed by atoms with Crippen molar-refractivity contribution in [3.05, 3.63) is 11.9 Å². The minimum atomic E-state index is 0.449. The molecule has 1 aromatic heterocycles. The van der Waals surface area contributed by atoms with Crippen LogP contribution in [0.25, 0.3) is 0 Å². The second-order valence-electron chi connectivity index (χ2n) is 5.78. The first-order chi connectivity index (χ1) is 9.63. The molecule has 0 spiro atoms. The first kappa shape index (κ1) is 15.0. The molecule has 1 aliphatic rings. The molecular formula is C15H26N4O. The van der Waals surface area contributed by atoms with E-state index in [9.17, 15) is 0 Å². The van der Waals surface area contributed by atoms with Crippen molar-refractivity contribution in [2.24, 2.45) is 11.8 Å². The van der Waals surface area contributed by atoms with Crippen molar-refractivity contribution in [3.63, 3.8) is 0 Å². The Labute approximate surface area is 121 Å². The van der Waals surface area contributed by atoms with E-state index >= 15 is 0 Å². The SMILES string of the molecule is CNc1cc(N2CCC(C(C)C)CC2)nc(COC)n1. The Morgan fingerprint density at radius 1 is 1.35 bits per heavy atom. The van der Waals surface area contributed by atoms with Crippen molar-refractivity contribution in [1.29, 1.82) is 0 Å². The number of nitrogens with one attached hydrogen (secondary N) is 1. The minimum Gasteiger partial charge on any atom is -0.377 e. The molecule has 1 aliphatic heterocycles. The van der Waals surface area contributed by atoms with E-state index in [1.807, 2.05) is 13.1 Å². The molecule has 1 aromatic rings. The molecule has 1 fully saturated rings. The molecule has 112 valence electrons. The molecule has 0 atom stereocenters. The van der Waals surface area contributed by atoms with E-state index in [4.69, 9.17) is 4.74 Å². The van der Waals surface area contributed by atoms with Crippen LogP contribution in [0.3, 0.4) is 0 Å². The Balaban J connectivity index is 2.10. The van der Waals surface area contributed by atoms with Crippen LogP contribution in [0.4, 0.5) is 11.6 Å². The lowest BCUT2D eigenvalue weighted by Gasteiger charge is -2.34. The molecule has 1 saturated heterocycles. The Kier molecular flexibility index (Phi) is 5.17. The summed E-state index contributed by atoms with van der Waals surface area (Å²) in [6.45, 7) is 7.25. The summed E-state index contributed by atoms with van der Waals surface area (Å²) in [4.78, 5) is 11.4. The van der Waals surface area contributed by atoms with Crippen LogP contribution in [0.15, 0.2) is 6.07 Å². The van der Waals surface area contributed by atoms with Crippen molar-refractivity contribution in [3.8, 4) is 0 Å². The number of ether oxygens (including phenoxy) is 1. The molecule has 2 rings (SSSR count). The maximum absolute atomic E-state index is 5.15. The molecule has 2 heterocycles. The fourth-order valence-corrected chi connectivity index (χ4v) is 2.76. The molecular weight excluding hydrogens is 252 g/mol. The molecule has 5 heteroatoms. The predicted octanol–water partition coefficient (Wildman–Crippen LogP) is 2.54. The van der Waals surface area contributed by atoms with Gasteiger partial charge in [-0.2, -0.15) is 0 Å². The lowest BCUT2D eigenvalue weighted by atomic mass is 9.87. The zero-order valence-corrected chi connectivity index (χ0v) is 13.0. The summed E-state index contributed by atoms with van der Waals surface area (Å²) in [6, 6.07) is 2.02. The molecule has 1 N–H and O–H groups in total. The third kappa shape index (κ3) is 3.60. The van der Waals surface area contributed by atoms with Gasteiger partial charge in [-0.25, -0.2) is 9.97 Å². The number of hydrogen-bond acceptors (Lipinski definition) is 5.